The number of rotatable bonds is 4. The monoisotopic (exact) mass is 245 g/mol. The van der Waals surface area contributed by atoms with Gasteiger partial charge in [-0.2, -0.15) is 0 Å². The van der Waals surface area contributed by atoms with Crippen molar-refractivity contribution in [3.63, 3.8) is 0 Å². The van der Waals surface area contributed by atoms with Gasteiger partial charge in [0.15, 0.2) is 0 Å². The van der Waals surface area contributed by atoms with Crippen molar-refractivity contribution in [1.82, 2.24) is 4.98 Å². The van der Waals surface area contributed by atoms with E-state index in [1.807, 2.05) is 25.1 Å². The van der Waals surface area contributed by atoms with Crippen LogP contribution in [0.4, 0.5) is 0 Å². The zero-order valence-electron chi connectivity index (χ0n) is 9.73. The van der Waals surface area contributed by atoms with Gasteiger partial charge in [0, 0.05) is 6.42 Å². The summed E-state index contributed by atoms with van der Waals surface area (Å²) in [4.78, 5) is 5.24. The lowest BCUT2D eigenvalue weighted by Gasteiger charge is -1.97. The molecule has 0 saturated heterocycles. The van der Waals surface area contributed by atoms with Crippen molar-refractivity contribution in [2.75, 3.05) is 0 Å². The van der Waals surface area contributed by atoms with Crippen LogP contribution in [0.5, 0.6) is 0 Å². The van der Waals surface area contributed by atoms with Crippen molar-refractivity contribution in [3.8, 4) is 0 Å². The maximum Gasteiger partial charge on any atom is 0.135 e. The van der Waals surface area contributed by atoms with E-state index in [0.29, 0.717) is 0 Å². The van der Waals surface area contributed by atoms with Crippen molar-refractivity contribution in [1.29, 1.82) is 5.41 Å². The molecule has 0 amide bonds. The molecule has 3 N–H and O–H groups in total. The third kappa shape index (κ3) is 2.91. The molecule has 0 bridgehead atoms. The lowest BCUT2D eigenvalue weighted by Crippen LogP contribution is -2.10. The van der Waals surface area contributed by atoms with Gasteiger partial charge >= 0.3 is 0 Å². The molecule has 0 radical (unpaired) electrons. The fourth-order valence-electron chi connectivity index (χ4n) is 1.71. The number of nitrogens with zero attached hydrogens (tertiary/aromatic N) is 1. The van der Waals surface area contributed by atoms with E-state index < -0.39 is 0 Å². The lowest BCUT2D eigenvalue weighted by molar-refractivity contribution is 0.936. The van der Waals surface area contributed by atoms with Crippen molar-refractivity contribution < 1.29 is 0 Å². The Kier molecular flexibility index (Phi) is 3.54. The standard InChI is InChI=1S/C13H15N3S/c1-9-12(13(14)15)17-11(16-9)8-7-10-5-3-2-4-6-10/h2-6H,7-8H2,1H3,(H3,14,15). The highest BCUT2D eigenvalue weighted by Gasteiger charge is 2.09. The predicted molar refractivity (Wildman–Crippen MR) is 71.7 cm³/mol. The SMILES string of the molecule is Cc1nc(CCc2ccccc2)sc1C(=N)N. The topological polar surface area (TPSA) is 62.8 Å². The van der Waals surface area contributed by atoms with Gasteiger partial charge in [-0.15, -0.1) is 11.3 Å². The first kappa shape index (κ1) is 11.8. The van der Waals surface area contributed by atoms with E-state index in [9.17, 15) is 0 Å². The third-order valence-electron chi connectivity index (χ3n) is 2.56. The number of benzene rings is 1. The van der Waals surface area contributed by atoms with Crippen LogP contribution in [-0.4, -0.2) is 10.8 Å². The summed E-state index contributed by atoms with van der Waals surface area (Å²) in [6.07, 6.45) is 1.88. The fourth-order valence-corrected chi connectivity index (χ4v) is 2.63. The van der Waals surface area contributed by atoms with E-state index >= 15 is 0 Å². The minimum atomic E-state index is 0.117. The molecule has 17 heavy (non-hydrogen) atoms. The Balaban J connectivity index is 2.05. The molecule has 0 aliphatic rings. The number of aromatic nitrogens is 1. The van der Waals surface area contributed by atoms with Crippen LogP contribution in [-0.2, 0) is 12.8 Å². The molecule has 0 saturated carbocycles. The highest BCUT2D eigenvalue weighted by molar-refractivity contribution is 7.13. The van der Waals surface area contributed by atoms with Gasteiger partial charge in [0.05, 0.1) is 15.6 Å². The van der Waals surface area contributed by atoms with Crippen molar-refractivity contribution in [2.45, 2.75) is 19.8 Å². The number of nitrogen functional groups attached to an aromatic ring is 1. The predicted octanol–water partition coefficient (Wildman–Crippen LogP) is 2.52. The van der Waals surface area contributed by atoms with Crippen molar-refractivity contribution in [2.24, 2.45) is 5.73 Å². The van der Waals surface area contributed by atoms with E-state index in [-0.39, 0.29) is 5.84 Å². The van der Waals surface area contributed by atoms with E-state index in [0.717, 1.165) is 28.4 Å². The van der Waals surface area contributed by atoms with Gasteiger partial charge < -0.3 is 5.73 Å². The molecule has 0 spiro atoms. The summed E-state index contributed by atoms with van der Waals surface area (Å²) in [5, 5.41) is 8.49. The molecular formula is C13H15N3S. The van der Waals surface area contributed by atoms with Crippen LogP contribution < -0.4 is 5.73 Å². The van der Waals surface area contributed by atoms with Gasteiger partial charge in [-0.1, -0.05) is 30.3 Å². The maximum atomic E-state index is 7.43. The molecular weight excluding hydrogens is 230 g/mol. The normalized spacial score (nSPS) is 10.4. The van der Waals surface area contributed by atoms with Crippen molar-refractivity contribution >= 4 is 17.2 Å². The van der Waals surface area contributed by atoms with Gasteiger partial charge in [0.2, 0.25) is 0 Å². The Bertz CT molecular complexity index is 517. The minimum absolute atomic E-state index is 0.117. The van der Waals surface area contributed by atoms with E-state index in [1.54, 1.807) is 0 Å². The molecule has 1 aromatic heterocycles. The van der Waals surface area contributed by atoms with Crippen LogP contribution in [0.15, 0.2) is 30.3 Å². The molecule has 3 nitrogen and oxygen atoms in total. The van der Waals surface area contributed by atoms with Crippen molar-refractivity contribution in [3.05, 3.63) is 51.5 Å². The summed E-state index contributed by atoms with van der Waals surface area (Å²) < 4.78 is 0. The quantitative estimate of drug-likeness (QED) is 0.642. The molecule has 0 atom stereocenters. The molecule has 0 unspecified atom stereocenters. The maximum absolute atomic E-state index is 7.43. The third-order valence-corrected chi connectivity index (χ3v) is 3.81. The molecule has 0 aliphatic heterocycles. The lowest BCUT2D eigenvalue weighted by atomic mass is 10.1. The summed E-state index contributed by atoms with van der Waals surface area (Å²) in [6, 6.07) is 10.3. The molecule has 4 heteroatoms. The Hall–Kier alpha value is -1.68. The fraction of sp³-hybridized carbons (Fsp3) is 0.231. The first-order valence-corrected chi connectivity index (χ1v) is 6.33. The van der Waals surface area contributed by atoms with Crippen LogP contribution >= 0.6 is 11.3 Å². The number of aryl methyl sites for hydroxylation is 3. The van der Waals surface area contributed by atoms with Crippen LogP contribution in [0.2, 0.25) is 0 Å². The number of nitrogens with two attached hydrogens (primary N) is 1. The van der Waals surface area contributed by atoms with Gasteiger partial charge in [-0.25, -0.2) is 4.98 Å². The summed E-state index contributed by atoms with van der Waals surface area (Å²) in [7, 11) is 0. The number of hydrogen-bond acceptors (Lipinski definition) is 3. The van der Waals surface area contributed by atoms with Crippen LogP contribution in [0.1, 0.15) is 21.1 Å². The molecule has 1 heterocycles. The van der Waals surface area contributed by atoms with E-state index in [2.05, 4.69) is 17.1 Å². The summed E-state index contributed by atoms with van der Waals surface area (Å²) >= 11 is 1.53. The van der Waals surface area contributed by atoms with Crippen LogP contribution in [0, 0.1) is 12.3 Å². The van der Waals surface area contributed by atoms with E-state index in [4.69, 9.17) is 11.1 Å². The second kappa shape index (κ2) is 5.10. The molecule has 88 valence electrons. The minimum Gasteiger partial charge on any atom is -0.383 e. The second-order valence-electron chi connectivity index (χ2n) is 3.92. The number of nitrogens with one attached hydrogen (secondary N) is 1. The number of hydrogen-bond donors (Lipinski definition) is 2. The van der Waals surface area contributed by atoms with Crippen LogP contribution in [0.3, 0.4) is 0 Å². The number of thiazole rings is 1. The second-order valence-corrected chi connectivity index (χ2v) is 5.01. The Labute approximate surface area is 105 Å². The highest BCUT2D eigenvalue weighted by Crippen LogP contribution is 2.19. The Morgan fingerprint density at radius 1 is 1.29 bits per heavy atom. The first-order chi connectivity index (χ1) is 8.16. The summed E-state index contributed by atoms with van der Waals surface area (Å²) in [5.41, 5.74) is 7.67. The first-order valence-electron chi connectivity index (χ1n) is 5.51. The zero-order valence-corrected chi connectivity index (χ0v) is 10.6. The van der Waals surface area contributed by atoms with E-state index in [1.165, 1.54) is 16.9 Å². The molecule has 0 fully saturated rings. The van der Waals surface area contributed by atoms with Gasteiger partial charge in [-0.05, 0) is 18.9 Å². The average Bonchev–Trinajstić information content (AvgIpc) is 2.69. The Morgan fingerprint density at radius 3 is 2.59 bits per heavy atom. The molecule has 0 aliphatic carbocycles. The summed E-state index contributed by atoms with van der Waals surface area (Å²) in [5.74, 6) is 0.117. The molecule has 2 aromatic rings. The Morgan fingerprint density at radius 2 is 2.00 bits per heavy atom. The zero-order chi connectivity index (χ0) is 12.3. The largest absolute Gasteiger partial charge is 0.383 e. The van der Waals surface area contributed by atoms with Crippen LogP contribution in [0.25, 0.3) is 0 Å². The summed E-state index contributed by atoms with van der Waals surface area (Å²) in [6.45, 7) is 1.90. The van der Waals surface area contributed by atoms with Gasteiger partial charge in [0.1, 0.15) is 5.84 Å². The molecule has 1 aromatic carbocycles. The molecule has 2 rings (SSSR count). The average molecular weight is 245 g/mol. The van der Waals surface area contributed by atoms with Gasteiger partial charge in [-0.3, -0.25) is 5.41 Å². The highest BCUT2D eigenvalue weighted by atomic mass is 32.1. The number of amidine groups is 1. The van der Waals surface area contributed by atoms with Gasteiger partial charge in [0.25, 0.3) is 0 Å². The smallest absolute Gasteiger partial charge is 0.135 e.